The summed E-state index contributed by atoms with van der Waals surface area (Å²) in [6.07, 6.45) is 12.8. The highest BCUT2D eigenvalue weighted by molar-refractivity contribution is 6.01. The Morgan fingerprint density at radius 1 is 0.818 bits per heavy atom. The Morgan fingerprint density at radius 3 is 1.82 bits per heavy atom. The number of ether oxygens (including phenoxy) is 2. The van der Waals surface area contributed by atoms with Gasteiger partial charge in [-0.3, -0.25) is 14.5 Å². The largest absolute Gasteiger partial charge is 0.465 e. The second-order valence-corrected chi connectivity index (χ2v) is 9.54. The fourth-order valence-corrected chi connectivity index (χ4v) is 4.70. The summed E-state index contributed by atoms with van der Waals surface area (Å²) >= 11 is 0. The van der Waals surface area contributed by atoms with E-state index in [1.807, 2.05) is 0 Å². The lowest BCUT2D eigenvalue weighted by Gasteiger charge is -2.46. The molecule has 0 atom stereocenters. The highest BCUT2D eigenvalue weighted by atomic mass is 16.6. The van der Waals surface area contributed by atoms with Crippen molar-refractivity contribution < 1.29 is 19.1 Å². The molecule has 1 saturated carbocycles. The fraction of sp³-hybridized carbons (Fsp3) is 0.714. The summed E-state index contributed by atoms with van der Waals surface area (Å²) in [7, 11) is 2.05. The molecular weight excluding hydrogens is 414 g/mol. The molecule has 0 bridgehead atoms. The second-order valence-electron chi connectivity index (χ2n) is 9.54. The number of carbonyl (C=O) groups is 2. The minimum absolute atomic E-state index is 0.163. The first-order valence-corrected chi connectivity index (χ1v) is 13.1. The summed E-state index contributed by atoms with van der Waals surface area (Å²) in [5, 5.41) is 0. The van der Waals surface area contributed by atoms with Crippen LogP contribution in [0.3, 0.4) is 0 Å². The number of carbonyl (C=O) groups excluding carboxylic acids is 2. The highest BCUT2D eigenvalue weighted by Crippen LogP contribution is 2.46. The lowest BCUT2D eigenvalue weighted by molar-refractivity contribution is -0.184. The predicted molar refractivity (Wildman–Crippen MR) is 133 cm³/mol. The summed E-state index contributed by atoms with van der Waals surface area (Å²) in [5.74, 6) is -0.892. The van der Waals surface area contributed by atoms with Gasteiger partial charge in [0, 0.05) is 12.6 Å². The monoisotopic (exact) mass is 459 g/mol. The van der Waals surface area contributed by atoms with Crippen molar-refractivity contribution in [2.75, 3.05) is 20.3 Å². The molecule has 33 heavy (non-hydrogen) atoms. The van der Waals surface area contributed by atoms with Crippen molar-refractivity contribution in [2.45, 2.75) is 104 Å². The summed E-state index contributed by atoms with van der Waals surface area (Å²) in [6.45, 7) is 7.12. The smallest absolute Gasteiger partial charge is 0.323 e. The van der Waals surface area contributed by atoms with Gasteiger partial charge in [-0.05, 0) is 57.7 Å². The van der Waals surface area contributed by atoms with E-state index in [1.165, 1.54) is 62.5 Å². The van der Waals surface area contributed by atoms with E-state index in [1.54, 1.807) is 13.8 Å². The molecule has 0 aromatic heterocycles. The van der Waals surface area contributed by atoms with Gasteiger partial charge in [0.15, 0.2) is 5.41 Å². The Hall–Kier alpha value is -1.88. The molecule has 0 aliphatic heterocycles. The highest BCUT2D eigenvalue weighted by Gasteiger charge is 2.59. The van der Waals surface area contributed by atoms with Crippen LogP contribution in [0.2, 0.25) is 0 Å². The molecule has 186 valence electrons. The molecule has 0 radical (unpaired) electrons. The maximum Gasteiger partial charge on any atom is 0.323 e. The molecule has 0 N–H and O–H groups in total. The van der Waals surface area contributed by atoms with E-state index in [-0.39, 0.29) is 19.3 Å². The summed E-state index contributed by atoms with van der Waals surface area (Å²) in [4.78, 5) is 27.2. The Balaban J connectivity index is 1.75. The van der Waals surface area contributed by atoms with Crippen LogP contribution >= 0.6 is 0 Å². The first kappa shape index (κ1) is 27.4. The van der Waals surface area contributed by atoms with E-state index in [9.17, 15) is 9.59 Å². The second kappa shape index (κ2) is 14.4. The minimum atomic E-state index is -1.13. The van der Waals surface area contributed by atoms with Gasteiger partial charge in [0.25, 0.3) is 0 Å². The van der Waals surface area contributed by atoms with E-state index >= 15 is 0 Å². The molecule has 0 spiro atoms. The summed E-state index contributed by atoms with van der Waals surface area (Å²) in [5.41, 5.74) is 1.52. The zero-order chi connectivity index (χ0) is 24.1. The quantitative estimate of drug-likeness (QED) is 0.170. The number of benzene rings is 1. The number of aryl methyl sites for hydroxylation is 1. The molecule has 1 aromatic carbocycles. The zero-order valence-corrected chi connectivity index (χ0v) is 21.4. The van der Waals surface area contributed by atoms with Gasteiger partial charge in [0.1, 0.15) is 0 Å². The van der Waals surface area contributed by atoms with Crippen LogP contribution in [0.4, 0.5) is 0 Å². The average molecular weight is 460 g/mol. The number of rotatable bonds is 16. The first-order chi connectivity index (χ1) is 16.0. The maximum absolute atomic E-state index is 12.5. The molecule has 0 amide bonds. The number of nitrogens with zero attached hydrogens (tertiary/aromatic N) is 1. The van der Waals surface area contributed by atoms with E-state index in [0.29, 0.717) is 12.8 Å². The Morgan fingerprint density at radius 2 is 1.30 bits per heavy atom. The molecule has 5 heteroatoms. The van der Waals surface area contributed by atoms with Crippen LogP contribution in [-0.2, 0) is 32.0 Å². The Kier molecular flexibility index (Phi) is 11.9. The van der Waals surface area contributed by atoms with Crippen LogP contribution < -0.4 is 0 Å². The third kappa shape index (κ3) is 8.13. The maximum atomic E-state index is 12.5. The fourth-order valence-electron chi connectivity index (χ4n) is 4.70. The normalized spacial score (nSPS) is 15.3. The number of unbranched alkanes of at least 4 members (excludes halogenated alkanes) is 7. The van der Waals surface area contributed by atoms with Crippen molar-refractivity contribution in [3.05, 3.63) is 35.4 Å². The summed E-state index contributed by atoms with van der Waals surface area (Å²) < 4.78 is 10.4. The van der Waals surface area contributed by atoms with Crippen LogP contribution in [0.5, 0.6) is 0 Å². The third-order valence-electron chi connectivity index (χ3n) is 6.90. The van der Waals surface area contributed by atoms with E-state index in [4.69, 9.17) is 9.47 Å². The van der Waals surface area contributed by atoms with Gasteiger partial charge in [-0.15, -0.1) is 0 Å². The predicted octanol–water partition coefficient (Wildman–Crippen LogP) is 6.08. The number of hydrogen-bond donors (Lipinski definition) is 0. The molecule has 0 saturated heterocycles. The van der Waals surface area contributed by atoms with Gasteiger partial charge >= 0.3 is 11.9 Å². The molecule has 1 fully saturated rings. The molecule has 1 aliphatic rings. The molecule has 1 aliphatic carbocycles. The lowest BCUT2D eigenvalue weighted by atomic mass is 9.64. The van der Waals surface area contributed by atoms with E-state index < -0.39 is 17.4 Å². The van der Waals surface area contributed by atoms with Gasteiger partial charge in [-0.2, -0.15) is 0 Å². The van der Waals surface area contributed by atoms with Crippen LogP contribution in [0.15, 0.2) is 24.3 Å². The molecular formula is C28H45NO4. The van der Waals surface area contributed by atoms with Crippen LogP contribution in [0.25, 0.3) is 0 Å². The van der Waals surface area contributed by atoms with Crippen molar-refractivity contribution in [1.82, 2.24) is 4.90 Å². The first-order valence-electron chi connectivity index (χ1n) is 13.1. The van der Waals surface area contributed by atoms with Gasteiger partial charge in [0.2, 0.25) is 0 Å². The summed E-state index contributed by atoms with van der Waals surface area (Å²) in [6, 6.07) is 9.06. The van der Waals surface area contributed by atoms with E-state index in [0.717, 1.165) is 13.0 Å². The minimum Gasteiger partial charge on any atom is -0.465 e. The molecule has 5 nitrogen and oxygen atoms in total. The lowest BCUT2D eigenvalue weighted by Crippen LogP contribution is -2.58. The van der Waals surface area contributed by atoms with Crippen molar-refractivity contribution in [1.29, 1.82) is 0 Å². The Labute approximate surface area is 201 Å². The van der Waals surface area contributed by atoms with Crippen molar-refractivity contribution in [3.8, 4) is 0 Å². The zero-order valence-electron chi connectivity index (χ0n) is 21.4. The van der Waals surface area contributed by atoms with E-state index in [2.05, 4.69) is 43.1 Å². The molecule has 2 rings (SSSR count). The topological polar surface area (TPSA) is 55.8 Å². The third-order valence-corrected chi connectivity index (χ3v) is 6.90. The molecule has 1 aromatic rings. The SMILES string of the molecule is CCCCCCCCCCc1ccc(CN(C)C2CC(C(=O)OCC)(C(=O)OCC)C2)cc1. The van der Waals surface area contributed by atoms with Crippen LogP contribution in [0.1, 0.15) is 96.1 Å². The Bertz CT molecular complexity index is 689. The number of hydrogen-bond acceptors (Lipinski definition) is 5. The van der Waals surface area contributed by atoms with Crippen LogP contribution in [0, 0.1) is 5.41 Å². The van der Waals surface area contributed by atoms with Crippen molar-refractivity contribution in [2.24, 2.45) is 5.41 Å². The standard InChI is InChI=1S/C28H45NO4/c1-5-8-9-10-11-12-13-14-15-23-16-18-24(19-17-23)22-29(4)25-20-28(21-25,26(30)32-6-2)27(31)33-7-3/h16-19,25H,5-15,20-22H2,1-4H3. The van der Waals surface area contributed by atoms with Gasteiger partial charge in [-0.25, -0.2) is 0 Å². The van der Waals surface area contributed by atoms with Gasteiger partial charge < -0.3 is 9.47 Å². The average Bonchev–Trinajstić information content (AvgIpc) is 2.76. The van der Waals surface area contributed by atoms with Gasteiger partial charge in [-0.1, -0.05) is 76.1 Å². The van der Waals surface area contributed by atoms with Gasteiger partial charge in [0.05, 0.1) is 13.2 Å². The number of esters is 2. The van der Waals surface area contributed by atoms with Crippen LogP contribution in [-0.4, -0.2) is 43.1 Å². The van der Waals surface area contributed by atoms with Crippen molar-refractivity contribution >= 4 is 11.9 Å². The van der Waals surface area contributed by atoms with Crippen molar-refractivity contribution in [3.63, 3.8) is 0 Å². The molecule has 0 unspecified atom stereocenters. The molecule has 0 heterocycles.